The quantitative estimate of drug-likeness (QED) is 0.827. The van der Waals surface area contributed by atoms with Gasteiger partial charge >= 0.3 is 0 Å². The van der Waals surface area contributed by atoms with Crippen LogP contribution < -0.4 is 4.31 Å². The lowest BCUT2D eigenvalue weighted by atomic mass is 9.99. The smallest absolute Gasteiger partial charge is 0.254 e. The Morgan fingerprint density at radius 3 is 2.40 bits per heavy atom. The molecule has 0 aromatic heterocycles. The molecule has 1 aromatic rings. The summed E-state index contributed by atoms with van der Waals surface area (Å²) in [5.41, 5.74) is 2.43. The molecule has 25 heavy (non-hydrogen) atoms. The van der Waals surface area contributed by atoms with Crippen LogP contribution in [0.3, 0.4) is 0 Å². The second kappa shape index (κ2) is 6.31. The number of anilines is 1. The number of fused-ring (bicyclic) bond motifs is 1. The number of hydrogen-bond acceptors (Lipinski definition) is 3. The maximum absolute atomic E-state index is 13.2. The highest BCUT2D eigenvalue weighted by molar-refractivity contribution is 7.92. The maximum atomic E-state index is 13.2. The minimum Gasteiger partial charge on any atom is -0.333 e. The summed E-state index contributed by atoms with van der Waals surface area (Å²) in [4.78, 5) is 15.3. The molecule has 0 atom stereocenters. The number of benzene rings is 1. The van der Waals surface area contributed by atoms with Crippen molar-refractivity contribution < 1.29 is 13.2 Å². The maximum Gasteiger partial charge on any atom is 0.254 e. The number of aryl methyl sites for hydroxylation is 1. The SMILES string of the molecule is CS(=O)(=O)N1CCCc2cc(C(=O)N(C3CCCC3)C3CC3)ccc21. The lowest BCUT2D eigenvalue weighted by Crippen LogP contribution is -2.40. The summed E-state index contributed by atoms with van der Waals surface area (Å²) in [7, 11) is -3.27. The van der Waals surface area contributed by atoms with Crippen LogP contribution in [0.25, 0.3) is 0 Å². The molecule has 5 nitrogen and oxygen atoms in total. The molecule has 2 saturated carbocycles. The van der Waals surface area contributed by atoms with Crippen LogP contribution in [0, 0.1) is 0 Å². The molecule has 1 heterocycles. The lowest BCUT2D eigenvalue weighted by Gasteiger charge is -2.31. The highest BCUT2D eigenvalue weighted by Gasteiger charge is 2.39. The largest absolute Gasteiger partial charge is 0.333 e. The third-order valence-corrected chi connectivity index (χ3v) is 6.88. The van der Waals surface area contributed by atoms with Crippen molar-refractivity contribution in [3.05, 3.63) is 29.3 Å². The Morgan fingerprint density at radius 2 is 1.76 bits per heavy atom. The van der Waals surface area contributed by atoms with E-state index in [1.165, 1.54) is 23.4 Å². The van der Waals surface area contributed by atoms with Gasteiger partial charge in [-0.05, 0) is 62.3 Å². The minimum absolute atomic E-state index is 0.133. The molecule has 0 unspecified atom stereocenters. The van der Waals surface area contributed by atoms with E-state index in [2.05, 4.69) is 4.90 Å². The van der Waals surface area contributed by atoms with E-state index in [1.54, 1.807) is 0 Å². The van der Waals surface area contributed by atoms with Gasteiger partial charge in [0.15, 0.2) is 0 Å². The fourth-order valence-corrected chi connectivity index (χ4v) is 5.35. The van der Waals surface area contributed by atoms with Crippen LogP contribution in [0.4, 0.5) is 5.69 Å². The molecule has 3 aliphatic rings. The molecule has 1 aliphatic heterocycles. The number of rotatable bonds is 4. The summed E-state index contributed by atoms with van der Waals surface area (Å²) >= 11 is 0. The highest BCUT2D eigenvalue weighted by atomic mass is 32.2. The number of amides is 1. The molecular formula is C19H26N2O3S. The van der Waals surface area contributed by atoms with Gasteiger partial charge in [0, 0.05) is 24.2 Å². The van der Waals surface area contributed by atoms with Gasteiger partial charge in [-0.2, -0.15) is 0 Å². The van der Waals surface area contributed by atoms with Crippen LogP contribution in [0.1, 0.15) is 60.9 Å². The monoisotopic (exact) mass is 362 g/mol. The fourth-order valence-electron chi connectivity index (χ4n) is 4.35. The van der Waals surface area contributed by atoms with Crippen molar-refractivity contribution in [1.29, 1.82) is 0 Å². The Morgan fingerprint density at radius 1 is 1.08 bits per heavy atom. The van der Waals surface area contributed by atoms with E-state index in [9.17, 15) is 13.2 Å². The summed E-state index contributed by atoms with van der Waals surface area (Å²) in [5, 5.41) is 0. The molecule has 0 bridgehead atoms. The first-order valence-corrected chi connectivity index (χ1v) is 11.2. The molecule has 0 spiro atoms. The van der Waals surface area contributed by atoms with E-state index in [4.69, 9.17) is 0 Å². The molecular weight excluding hydrogens is 336 g/mol. The molecule has 136 valence electrons. The van der Waals surface area contributed by atoms with Crippen molar-refractivity contribution in [2.24, 2.45) is 0 Å². The van der Waals surface area contributed by atoms with Gasteiger partial charge in [0.2, 0.25) is 10.0 Å². The molecule has 0 N–H and O–H groups in total. The average Bonchev–Trinajstić information content (AvgIpc) is 3.26. The van der Waals surface area contributed by atoms with E-state index < -0.39 is 10.0 Å². The summed E-state index contributed by atoms with van der Waals surface area (Å²) in [6, 6.07) is 6.37. The summed E-state index contributed by atoms with van der Waals surface area (Å²) in [6.45, 7) is 0.523. The van der Waals surface area contributed by atoms with Crippen LogP contribution in [0.5, 0.6) is 0 Å². The van der Waals surface area contributed by atoms with Crippen LogP contribution in [-0.4, -0.2) is 44.1 Å². The zero-order valence-electron chi connectivity index (χ0n) is 14.8. The number of hydrogen-bond donors (Lipinski definition) is 0. The predicted octanol–water partition coefficient (Wildman–Crippen LogP) is 2.95. The van der Waals surface area contributed by atoms with Crippen molar-refractivity contribution in [1.82, 2.24) is 4.90 Å². The zero-order valence-corrected chi connectivity index (χ0v) is 15.6. The van der Waals surface area contributed by atoms with Gasteiger partial charge in [0.05, 0.1) is 11.9 Å². The first-order valence-electron chi connectivity index (χ1n) is 9.38. The van der Waals surface area contributed by atoms with Gasteiger partial charge in [0.1, 0.15) is 0 Å². The first kappa shape index (κ1) is 16.9. The Hall–Kier alpha value is -1.56. The fraction of sp³-hybridized carbons (Fsp3) is 0.632. The number of carbonyl (C=O) groups is 1. The van der Waals surface area contributed by atoms with Crippen LogP contribution >= 0.6 is 0 Å². The summed E-state index contributed by atoms with van der Waals surface area (Å²) in [5.74, 6) is 0.133. The molecule has 0 radical (unpaired) electrons. The topological polar surface area (TPSA) is 57.7 Å². The van der Waals surface area contributed by atoms with E-state index in [-0.39, 0.29) is 5.91 Å². The predicted molar refractivity (Wildman–Crippen MR) is 98.4 cm³/mol. The molecule has 1 aromatic carbocycles. The molecule has 1 amide bonds. The van der Waals surface area contributed by atoms with Crippen molar-refractivity contribution in [3.8, 4) is 0 Å². The van der Waals surface area contributed by atoms with E-state index in [1.807, 2.05) is 18.2 Å². The normalized spacial score (nSPS) is 21.2. The van der Waals surface area contributed by atoms with Crippen LogP contribution in [0.15, 0.2) is 18.2 Å². The Kier molecular flexibility index (Phi) is 4.26. The molecule has 4 rings (SSSR count). The van der Waals surface area contributed by atoms with Gasteiger partial charge < -0.3 is 4.90 Å². The Balaban J connectivity index is 1.63. The van der Waals surface area contributed by atoms with Crippen molar-refractivity contribution >= 4 is 21.6 Å². The zero-order chi connectivity index (χ0) is 17.6. The molecule has 2 fully saturated rings. The minimum atomic E-state index is -3.27. The van der Waals surface area contributed by atoms with E-state index in [0.29, 0.717) is 24.2 Å². The molecule has 2 aliphatic carbocycles. The van der Waals surface area contributed by atoms with Crippen LogP contribution in [-0.2, 0) is 16.4 Å². The third kappa shape index (κ3) is 3.28. The lowest BCUT2D eigenvalue weighted by molar-refractivity contribution is 0.0664. The van der Waals surface area contributed by atoms with Gasteiger partial charge in [-0.25, -0.2) is 8.42 Å². The van der Waals surface area contributed by atoms with Gasteiger partial charge in [0.25, 0.3) is 5.91 Å². The first-order chi connectivity index (χ1) is 11.9. The van der Waals surface area contributed by atoms with Gasteiger partial charge in [-0.3, -0.25) is 9.10 Å². The molecule has 0 saturated heterocycles. The van der Waals surface area contributed by atoms with Crippen molar-refractivity contribution in [2.75, 3.05) is 17.1 Å². The van der Waals surface area contributed by atoms with Crippen LogP contribution in [0.2, 0.25) is 0 Å². The highest BCUT2D eigenvalue weighted by Crippen LogP contribution is 2.36. The number of nitrogens with zero attached hydrogens (tertiary/aromatic N) is 2. The van der Waals surface area contributed by atoms with E-state index in [0.717, 1.165) is 49.8 Å². The standard InChI is InChI=1S/C19H26N2O3S/c1-25(23,24)20-12-4-5-14-13-15(8-11-18(14)20)19(22)21(17-9-10-17)16-6-2-3-7-16/h8,11,13,16-17H,2-7,9-10,12H2,1H3. The average molecular weight is 362 g/mol. The summed E-state index contributed by atoms with van der Waals surface area (Å²) in [6.07, 6.45) is 9.79. The Bertz CT molecular complexity index is 780. The number of sulfonamides is 1. The second-order valence-corrected chi connectivity index (χ2v) is 9.57. The van der Waals surface area contributed by atoms with E-state index >= 15 is 0 Å². The second-order valence-electron chi connectivity index (χ2n) is 7.66. The van der Waals surface area contributed by atoms with Crippen molar-refractivity contribution in [2.45, 2.75) is 63.5 Å². The third-order valence-electron chi connectivity index (χ3n) is 5.70. The Labute approximate surface area is 150 Å². The van der Waals surface area contributed by atoms with Gasteiger partial charge in [-0.15, -0.1) is 0 Å². The summed E-state index contributed by atoms with van der Waals surface area (Å²) < 4.78 is 25.5. The molecule has 6 heteroatoms. The number of carbonyl (C=O) groups excluding carboxylic acids is 1. The van der Waals surface area contributed by atoms with Crippen molar-refractivity contribution in [3.63, 3.8) is 0 Å². The van der Waals surface area contributed by atoms with Gasteiger partial charge in [-0.1, -0.05) is 12.8 Å².